The van der Waals surface area contributed by atoms with E-state index < -0.39 is 17.9 Å². The number of hydrogen-bond acceptors (Lipinski definition) is 5. The number of carbonyl (C=O) groups excluding carboxylic acids is 3. The molecule has 8 nitrogen and oxygen atoms in total. The molecule has 2 heterocycles. The van der Waals surface area contributed by atoms with Crippen molar-refractivity contribution in [2.75, 3.05) is 7.11 Å². The summed E-state index contributed by atoms with van der Waals surface area (Å²) < 4.78 is 6.81. The molecule has 0 unspecified atom stereocenters. The number of nitrogens with one attached hydrogen (secondary N) is 1. The van der Waals surface area contributed by atoms with E-state index in [0.29, 0.717) is 22.8 Å². The molecule has 194 valence electrons. The van der Waals surface area contributed by atoms with Crippen LogP contribution in [0.1, 0.15) is 52.8 Å². The molecule has 4 rings (SSSR count). The zero-order valence-corrected chi connectivity index (χ0v) is 22.1. The summed E-state index contributed by atoms with van der Waals surface area (Å²) in [6, 6.07) is 13.8. The van der Waals surface area contributed by atoms with Gasteiger partial charge in [-0.3, -0.25) is 15.0 Å². The van der Waals surface area contributed by atoms with Crippen molar-refractivity contribution >= 4 is 48.0 Å². The molecule has 3 amide bonds. The zero-order valence-electron chi connectivity index (χ0n) is 20.6. The number of halogens is 2. The van der Waals surface area contributed by atoms with E-state index in [2.05, 4.69) is 17.2 Å². The lowest BCUT2D eigenvalue weighted by Gasteiger charge is -2.16. The van der Waals surface area contributed by atoms with Gasteiger partial charge in [0.15, 0.2) is 0 Å². The number of nitrogens with zero attached hydrogens (tertiary/aromatic N) is 3. The van der Waals surface area contributed by atoms with Crippen molar-refractivity contribution in [2.24, 2.45) is 0 Å². The van der Waals surface area contributed by atoms with Crippen molar-refractivity contribution in [3.63, 3.8) is 0 Å². The summed E-state index contributed by atoms with van der Waals surface area (Å²) in [5.41, 5.74) is 3.23. The molecule has 1 fully saturated rings. The Balaban J connectivity index is 0.00000380. The molecule has 0 atom stereocenters. The number of hydrogen-bond donors (Lipinski definition) is 1. The summed E-state index contributed by atoms with van der Waals surface area (Å²) in [5.74, 6) is 0.0323. The van der Waals surface area contributed by atoms with E-state index in [4.69, 9.17) is 16.3 Å². The first-order valence-corrected chi connectivity index (χ1v) is 12.1. The standard InChI is InChI=1S/C27H27ClN4O4.ClH/c1-3-4-5-24-29-15-22(31(24)16-18-6-10-20(11-7-18)26(34)36-2)14-23-25(33)30-27(35)32(23)17-19-8-12-21(28)13-9-19;/h6-15H,3-5,16-17H2,1-2H3,(H,30,33,35);1H. The van der Waals surface area contributed by atoms with E-state index in [-0.39, 0.29) is 24.6 Å². The second-order valence-corrected chi connectivity index (χ2v) is 8.92. The third-order valence-electron chi connectivity index (χ3n) is 5.97. The molecule has 0 radical (unpaired) electrons. The molecule has 1 N–H and O–H groups in total. The first-order chi connectivity index (χ1) is 17.4. The Hall–Kier alpha value is -3.62. The average Bonchev–Trinajstić information content (AvgIpc) is 3.38. The highest BCUT2D eigenvalue weighted by atomic mass is 35.5. The molecular formula is C27H28Cl2N4O4. The van der Waals surface area contributed by atoms with Gasteiger partial charge in [-0.15, -0.1) is 12.4 Å². The van der Waals surface area contributed by atoms with Gasteiger partial charge in [0.05, 0.1) is 31.1 Å². The van der Waals surface area contributed by atoms with Crippen LogP contribution in [0.25, 0.3) is 6.08 Å². The van der Waals surface area contributed by atoms with Gasteiger partial charge < -0.3 is 9.30 Å². The first-order valence-electron chi connectivity index (χ1n) is 11.7. The quantitative estimate of drug-likeness (QED) is 0.227. The lowest BCUT2D eigenvalue weighted by atomic mass is 10.1. The summed E-state index contributed by atoms with van der Waals surface area (Å²) in [6.07, 6.45) is 6.18. The molecular weight excluding hydrogens is 515 g/mol. The van der Waals surface area contributed by atoms with Crippen LogP contribution < -0.4 is 5.32 Å². The maximum Gasteiger partial charge on any atom is 0.337 e. The van der Waals surface area contributed by atoms with Crippen LogP contribution in [0.2, 0.25) is 5.02 Å². The normalized spacial score (nSPS) is 14.0. The van der Waals surface area contributed by atoms with Gasteiger partial charge in [-0.05, 0) is 47.9 Å². The number of esters is 1. The smallest absolute Gasteiger partial charge is 0.337 e. The molecule has 10 heteroatoms. The van der Waals surface area contributed by atoms with E-state index in [0.717, 1.165) is 36.2 Å². The Morgan fingerprint density at radius 3 is 2.35 bits per heavy atom. The molecule has 0 bridgehead atoms. The van der Waals surface area contributed by atoms with Crippen LogP contribution in [0.3, 0.4) is 0 Å². The molecule has 0 saturated carbocycles. The van der Waals surface area contributed by atoms with Crippen molar-refractivity contribution in [3.05, 3.63) is 93.7 Å². The van der Waals surface area contributed by atoms with E-state index in [1.165, 1.54) is 12.0 Å². The number of methoxy groups -OCH3 is 1. The Bertz CT molecular complexity index is 1300. The Morgan fingerprint density at radius 1 is 1.05 bits per heavy atom. The molecule has 2 aromatic carbocycles. The number of rotatable bonds is 9. The number of amides is 3. The van der Waals surface area contributed by atoms with E-state index in [9.17, 15) is 14.4 Å². The fraction of sp³-hybridized carbons (Fsp3) is 0.259. The van der Waals surface area contributed by atoms with Crippen molar-refractivity contribution < 1.29 is 19.1 Å². The Labute approximate surface area is 226 Å². The van der Waals surface area contributed by atoms with Gasteiger partial charge in [-0.25, -0.2) is 14.6 Å². The summed E-state index contributed by atoms with van der Waals surface area (Å²) in [6.45, 7) is 2.84. The van der Waals surface area contributed by atoms with Crippen LogP contribution in [0.5, 0.6) is 0 Å². The Morgan fingerprint density at radius 2 is 1.70 bits per heavy atom. The number of unbranched alkanes of at least 4 members (excludes halogenated alkanes) is 1. The molecule has 0 aliphatic carbocycles. The molecule has 3 aromatic rings. The molecule has 1 aromatic heterocycles. The van der Waals surface area contributed by atoms with Crippen LogP contribution in [-0.2, 0) is 29.0 Å². The predicted molar refractivity (Wildman–Crippen MR) is 143 cm³/mol. The minimum atomic E-state index is -0.475. The van der Waals surface area contributed by atoms with Gasteiger partial charge in [0, 0.05) is 18.0 Å². The highest BCUT2D eigenvalue weighted by molar-refractivity contribution is 6.30. The zero-order chi connectivity index (χ0) is 25.7. The molecule has 1 aliphatic heterocycles. The Kier molecular flexibility index (Phi) is 9.49. The van der Waals surface area contributed by atoms with E-state index >= 15 is 0 Å². The second-order valence-electron chi connectivity index (χ2n) is 8.48. The maximum absolute atomic E-state index is 12.7. The van der Waals surface area contributed by atoms with E-state index in [1.807, 2.05) is 28.8 Å². The summed E-state index contributed by atoms with van der Waals surface area (Å²) >= 11 is 5.98. The van der Waals surface area contributed by atoms with Gasteiger partial charge in [0.25, 0.3) is 5.91 Å². The third-order valence-corrected chi connectivity index (χ3v) is 6.22. The van der Waals surface area contributed by atoms with E-state index in [1.54, 1.807) is 36.5 Å². The molecule has 0 spiro atoms. The third kappa shape index (κ3) is 6.58. The van der Waals surface area contributed by atoms with Crippen molar-refractivity contribution in [1.29, 1.82) is 0 Å². The monoisotopic (exact) mass is 542 g/mol. The lowest BCUT2D eigenvalue weighted by Crippen LogP contribution is -2.27. The van der Waals surface area contributed by atoms with Crippen molar-refractivity contribution in [1.82, 2.24) is 19.8 Å². The molecule has 37 heavy (non-hydrogen) atoms. The average molecular weight is 543 g/mol. The van der Waals surface area contributed by atoms with Gasteiger partial charge in [-0.1, -0.05) is 49.2 Å². The maximum atomic E-state index is 12.7. The number of imide groups is 1. The minimum absolute atomic E-state index is 0. The fourth-order valence-corrected chi connectivity index (χ4v) is 4.11. The van der Waals surface area contributed by atoms with Crippen LogP contribution >= 0.6 is 24.0 Å². The number of aromatic nitrogens is 2. The number of urea groups is 1. The summed E-state index contributed by atoms with van der Waals surface area (Å²) in [7, 11) is 1.35. The summed E-state index contributed by atoms with van der Waals surface area (Å²) in [4.78, 5) is 43.0. The highest BCUT2D eigenvalue weighted by Crippen LogP contribution is 2.23. The van der Waals surface area contributed by atoms with Crippen LogP contribution in [0.15, 0.2) is 60.4 Å². The number of benzene rings is 2. The number of ether oxygens (including phenoxy) is 1. The van der Waals surface area contributed by atoms with Crippen LogP contribution in [0.4, 0.5) is 4.79 Å². The van der Waals surface area contributed by atoms with Gasteiger partial charge in [0.1, 0.15) is 11.5 Å². The number of aryl methyl sites for hydroxylation is 1. The molecule has 1 saturated heterocycles. The minimum Gasteiger partial charge on any atom is -0.465 e. The number of imidazole rings is 1. The topological polar surface area (TPSA) is 93.5 Å². The van der Waals surface area contributed by atoms with Gasteiger partial charge >= 0.3 is 12.0 Å². The largest absolute Gasteiger partial charge is 0.465 e. The summed E-state index contributed by atoms with van der Waals surface area (Å²) in [5, 5.41) is 2.98. The SMILES string of the molecule is CCCCc1ncc(C=C2C(=O)NC(=O)N2Cc2ccc(Cl)cc2)n1Cc1ccc(C(=O)OC)cc1.Cl. The van der Waals surface area contributed by atoms with Gasteiger partial charge in [0.2, 0.25) is 0 Å². The van der Waals surface area contributed by atoms with Crippen LogP contribution in [0, 0.1) is 0 Å². The van der Waals surface area contributed by atoms with Crippen LogP contribution in [-0.4, -0.2) is 39.5 Å². The second kappa shape index (κ2) is 12.6. The predicted octanol–water partition coefficient (Wildman–Crippen LogP) is 5.23. The van der Waals surface area contributed by atoms with Gasteiger partial charge in [-0.2, -0.15) is 0 Å². The lowest BCUT2D eigenvalue weighted by molar-refractivity contribution is -0.116. The molecule has 1 aliphatic rings. The number of carbonyl (C=O) groups is 3. The van der Waals surface area contributed by atoms with Crippen molar-refractivity contribution in [3.8, 4) is 0 Å². The highest BCUT2D eigenvalue weighted by Gasteiger charge is 2.33. The first kappa shape index (κ1) is 28.0. The fourth-order valence-electron chi connectivity index (χ4n) is 3.98. The van der Waals surface area contributed by atoms with Crippen molar-refractivity contribution in [2.45, 2.75) is 39.3 Å².